The van der Waals surface area contributed by atoms with E-state index in [-0.39, 0.29) is 12.2 Å². The number of rotatable bonds is 6. The number of hydrogen-bond donors (Lipinski definition) is 2. The molecule has 0 spiro atoms. The van der Waals surface area contributed by atoms with Crippen molar-refractivity contribution >= 4 is 11.8 Å². The third-order valence-corrected chi connectivity index (χ3v) is 2.97. The number of ether oxygens (including phenoxy) is 1. The number of amides is 1. The van der Waals surface area contributed by atoms with E-state index in [1.807, 2.05) is 0 Å². The zero-order valence-electron chi connectivity index (χ0n) is 15.0. The van der Waals surface area contributed by atoms with E-state index in [1.165, 1.54) is 6.08 Å². The van der Waals surface area contributed by atoms with Gasteiger partial charge in [0.05, 0.1) is 5.57 Å². The molecule has 0 bridgehead atoms. The minimum Gasteiger partial charge on any atom is -0.444 e. The van der Waals surface area contributed by atoms with E-state index in [2.05, 4.69) is 23.8 Å². The first kappa shape index (κ1) is 21.3. The third-order valence-electron chi connectivity index (χ3n) is 2.97. The average molecular weight is 368 g/mol. The molecule has 0 heterocycles. The van der Waals surface area contributed by atoms with Crippen LogP contribution in [0.5, 0.6) is 0 Å². The quantitative estimate of drug-likeness (QED) is 0.669. The van der Waals surface area contributed by atoms with Gasteiger partial charge in [-0.15, -0.1) is 0 Å². The van der Waals surface area contributed by atoms with Gasteiger partial charge in [-0.25, -0.2) is 4.79 Å². The highest BCUT2D eigenvalue weighted by Gasteiger charge is 2.30. The molecule has 0 aromatic heterocycles. The summed E-state index contributed by atoms with van der Waals surface area (Å²) < 4.78 is 42.9. The molecule has 1 rings (SSSR count). The molecule has 0 unspecified atom stereocenters. The summed E-state index contributed by atoms with van der Waals surface area (Å²) in [5.41, 5.74) is -0.126. The maximum absolute atomic E-state index is 12.6. The molecule has 26 heavy (non-hydrogen) atoms. The Balaban J connectivity index is 2.77. The molecule has 2 N–H and O–H groups in total. The Hall–Kier alpha value is -2.70. The highest BCUT2D eigenvalue weighted by molar-refractivity contribution is 5.67. The largest absolute Gasteiger partial charge is 0.444 e. The van der Waals surface area contributed by atoms with Crippen LogP contribution in [0.1, 0.15) is 26.3 Å². The summed E-state index contributed by atoms with van der Waals surface area (Å²) in [4.78, 5) is 11.7. The van der Waals surface area contributed by atoms with Gasteiger partial charge in [0.25, 0.3) is 0 Å². The average Bonchev–Trinajstić information content (AvgIpc) is 2.50. The lowest BCUT2D eigenvalue weighted by Crippen LogP contribution is -2.32. The number of anilines is 1. The van der Waals surface area contributed by atoms with Crippen LogP contribution in [-0.2, 0) is 11.3 Å². The van der Waals surface area contributed by atoms with E-state index in [9.17, 15) is 18.0 Å². The van der Waals surface area contributed by atoms with Crippen LogP contribution < -0.4 is 10.6 Å². The molecule has 142 valence electrons. The molecular formula is C19H23F3N2O2. The van der Waals surface area contributed by atoms with Gasteiger partial charge < -0.3 is 15.4 Å². The van der Waals surface area contributed by atoms with Crippen molar-refractivity contribution in [1.29, 1.82) is 0 Å². The Morgan fingerprint density at radius 1 is 1.27 bits per heavy atom. The smallest absolute Gasteiger partial charge is 0.415 e. The van der Waals surface area contributed by atoms with Gasteiger partial charge >= 0.3 is 12.3 Å². The lowest BCUT2D eigenvalue weighted by atomic mass is 10.2. The fourth-order valence-corrected chi connectivity index (χ4v) is 1.83. The van der Waals surface area contributed by atoms with Crippen LogP contribution in [0.25, 0.3) is 0 Å². The van der Waals surface area contributed by atoms with Crippen LogP contribution in [0.3, 0.4) is 0 Å². The molecule has 0 aliphatic carbocycles. The zero-order chi connectivity index (χ0) is 20.0. The zero-order valence-corrected chi connectivity index (χ0v) is 15.0. The minimum absolute atomic E-state index is 0.157. The highest BCUT2D eigenvalue weighted by Crippen LogP contribution is 2.26. The molecule has 4 nitrogen and oxygen atoms in total. The van der Waals surface area contributed by atoms with Crippen LogP contribution in [0.15, 0.2) is 60.8 Å². The predicted molar refractivity (Wildman–Crippen MR) is 96.6 cm³/mol. The first-order chi connectivity index (χ1) is 11.9. The van der Waals surface area contributed by atoms with E-state index in [1.54, 1.807) is 45.0 Å². The van der Waals surface area contributed by atoms with Crippen LogP contribution in [0, 0.1) is 0 Å². The first-order valence-corrected chi connectivity index (χ1v) is 7.84. The highest BCUT2D eigenvalue weighted by atomic mass is 19.4. The second kappa shape index (κ2) is 8.60. The van der Waals surface area contributed by atoms with E-state index < -0.39 is 23.4 Å². The summed E-state index contributed by atoms with van der Waals surface area (Å²) in [6.07, 6.45) is -2.92. The topological polar surface area (TPSA) is 50.4 Å². The van der Waals surface area contributed by atoms with Crippen molar-refractivity contribution in [2.75, 3.05) is 5.32 Å². The van der Waals surface area contributed by atoms with Crippen molar-refractivity contribution in [3.8, 4) is 0 Å². The van der Waals surface area contributed by atoms with E-state index in [4.69, 9.17) is 4.74 Å². The van der Waals surface area contributed by atoms with Crippen LogP contribution >= 0.6 is 0 Å². The fraction of sp³-hybridized carbons (Fsp3) is 0.316. The van der Waals surface area contributed by atoms with Crippen molar-refractivity contribution < 1.29 is 22.7 Å². The lowest BCUT2D eigenvalue weighted by Gasteiger charge is -2.19. The summed E-state index contributed by atoms with van der Waals surface area (Å²) in [6.45, 7) is 12.0. The molecule has 1 amide bonds. The van der Waals surface area contributed by atoms with Gasteiger partial charge in [-0.3, -0.25) is 0 Å². The summed E-state index contributed by atoms with van der Waals surface area (Å²) in [5, 5.41) is 5.45. The van der Waals surface area contributed by atoms with Gasteiger partial charge in [-0.1, -0.05) is 25.3 Å². The standard InChI is InChI=1S/C19H23F3N2O2/c1-6-15(10-13(2)19(20,21)22)24-16-9-7-8-14(11-16)12-23-17(25)26-18(3,4)5/h6-11,24H,1-2,12H2,3-5H3,(H,23,25)/b15-10-. The molecule has 7 heteroatoms. The molecule has 1 aromatic rings. The van der Waals surface area contributed by atoms with Crippen LogP contribution in [0.2, 0.25) is 0 Å². The van der Waals surface area contributed by atoms with Crippen molar-refractivity contribution in [1.82, 2.24) is 5.32 Å². The molecule has 0 saturated carbocycles. The maximum atomic E-state index is 12.6. The van der Waals surface area contributed by atoms with E-state index in [0.29, 0.717) is 5.69 Å². The maximum Gasteiger partial charge on any atom is 0.415 e. The molecule has 0 fully saturated rings. The summed E-state index contributed by atoms with van der Waals surface area (Å²) in [5.74, 6) is 0. The van der Waals surface area contributed by atoms with E-state index in [0.717, 1.165) is 11.6 Å². The summed E-state index contributed by atoms with van der Waals surface area (Å²) in [7, 11) is 0. The summed E-state index contributed by atoms with van der Waals surface area (Å²) in [6, 6.07) is 6.87. The number of halogens is 3. The second-order valence-corrected chi connectivity index (χ2v) is 6.51. The Kier molecular flexibility index (Phi) is 7.06. The molecular weight excluding hydrogens is 345 g/mol. The predicted octanol–water partition coefficient (Wildman–Crippen LogP) is 5.31. The number of allylic oxidation sites excluding steroid dienone is 3. The van der Waals surface area contributed by atoms with Gasteiger partial charge in [-0.05, 0) is 50.6 Å². The Morgan fingerprint density at radius 2 is 1.92 bits per heavy atom. The van der Waals surface area contributed by atoms with Gasteiger partial charge in [0, 0.05) is 17.9 Å². The Bertz CT molecular complexity index is 701. The molecule has 0 saturated heterocycles. The third kappa shape index (κ3) is 7.92. The normalized spacial score (nSPS) is 12.3. The van der Waals surface area contributed by atoms with Crippen molar-refractivity contribution in [2.45, 2.75) is 39.1 Å². The van der Waals surface area contributed by atoms with Crippen molar-refractivity contribution in [3.05, 3.63) is 66.4 Å². The second-order valence-electron chi connectivity index (χ2n) is 6.51. The molecule has 0 aliphatic heterocycles. The summed E-state index contributed by atoms with van der Waals surface area (Å²) >= 11 is 0. The first-order valence-electron chi connectivity index (χ1n) is 7.84. The Labute approximate surface area is 151 Å². The van der Waals surface area contributed by atoms with Gasteiger partial charge in [0.2, 0.25) is 0 Å². The molecule has 1 aromatic carbocycles. The number of hydrogen-bond acceptors (Lipinski definition) is 3. The number of alkyl carbamates (subject to hydrolysis) is 1. The molecule has 0 aliphatic rings. The van der Waals surface area contributed by atoms with Gasteiger partial charge in [0.15, 0.2) is 0 Å². The number of carbonyl (C=O) groups excluding carboxylic acids is 1. The number of alkyl halides is 3. The minimum atomic E-state index is -4.50. The van der Waals surface area contributed by atoms with Crippen molar-refractivity contribution in [2.24, 2.45) is 0 Å². The van der Waals surface area contributed by atoms with E-state index >= 15 is 0 Å². The molecule has 0 radical (unpaired) electrons. The number of benzene rings is 1. The number of nitrogens with one attached hydrogen (secondary N) is 2. The fourth-order valence-electron chi connectivity index (χ4n) is 1.83. The monoisotopic (exact) mass is 368 g/mol. The van der Waals surface area contributed by atoms with Crippen LogP contribution in [0.4, 0.5) is 23.7 Å². The van der Waals surface area contributed by atoms with Gasteiger partial charge in [-0.2, -0.15) is 13.2 Å². The van der Waals surface area contributed by atoms with Gasteiger partial charge in [0.1, 0.15) is 5.60 Å². The lowest BCUT2D eigenvalue weighted by molar-refractivity contribution is -0.0878. The van der Waals surface area contributed by atoms with Crippen molar-refractivity contribution in [3.63, 3.8) is 0 Å². The number of carbonyl (C=O) groups is 1. The molecule has 0 atom stereocenters. The SMILES string of the molecule is C=C/C(=C/C(=C)C(F)(F)F)Nc1cccc(CNC(=O)OC(C)(C)C)c1. The van der Waals surface area contributed by atoms with Crippen LogP contribution in [-0.4, -0.2) is 17.9 Å². The Morgan fingerprint density at radius 3 is 2.46 bits per heavy atom.